The Morgan fingerprint density at radius 2 is 1.59 bits per heavy atom. The molecule has 2 rings (SSSR count). The molecule has 1 saturated heterocycles. The van der Waals surface area contributed by atoms with E-state index in [2.05, 4.69) is 26.0 Å². The van der Waals surface area contributed by atoms with Crippen LogP contribution in [-0.4, -0.2) is 23.9 Å². The maximum absolute atomic E-state index is 11.3. The van der Waals surface area contributed by atoms with Gasteiger partial charge in [0.05, 0.1) is 0 Å². The smallest absolute Gasteiger partial charge is 0.219 e. The second kappa shape index (κ2) is 10.7. The van der Waals surface area contributed by atoms with E-state index in [4.69, 9.17) is 11.6 Å². The van der Waals surface area contributed by atoms with Crippen LogP contribution in [0.5, 0.6) is 0 Å². The van der Waals surface area contributed by atoms with Gasteiger partial charge in [-0.05, 0) is 55.4 Å². The Hall–Kier alpha value is -1.02. The Kier molecular flexibility index (Phi) is 10.2. The first-order chi connectivity index (χ1) is 10.5. The summed E-state index contributed by atoms with van der Waals surface area (Å²) in [5, 5.41) is 0.860. The van der Waals surface area contributed by atoms with Crippen LogP contribution in [0.25, 0.3) is 0 Å². The zero-order valence-electron chi connectivity index (χ0n) is 15.3. The van der Waals surface area contributed by atoms with Crippen LogP contribution in [0.15, 0.2) is 12.1 Å². The van der Waals surface area contributed by atoms with Crippen LogP contribution in [0.3, 0.4) is 0 Å². The van der Waals surface area contributed by atoms with Gasteiger partial charge in [-0.3, -0.25) is 4.79 Å². The molecule has 1 aliphatic rings. The van der Waals surface area contributed by atoms with E-state index in [0.717, 1.165) is 31.0 Å². The van der Waals surface area contributed by atoms with E-state index in [0.29, 0.717) is 5.92 Å². The number of piperidine rings is 1. The Labute approximate surface area is 141 Å². The minimum atomic E-state index is 0.187. The molecule has 3 heteroatoms. The molecule has 0 aliphatic carbocycles. The van der Waals surface area contributed by atoms with E-state index < -0.39 is 0 Å². The Morgan fingerprint density at radius 1 is 1.09 bits per heavy atom. The van der Waals surface area contributed by atoms with Crippen molar-refractivity contribution in [3.63, 3.8) is 0 Å². The van der Waals surface area contributed by atoms with Gasteiger partial charge in [0.15, 0.2) is 0 Å². The maximum atomic E-state index is 11.3. The van der Waals surface area contributed by atoms with Crippen LogP contribution < -0.4 is 0 Å². The molecule has 0 atom stereocenters. The van der Waals surface area contributed by atoms with Gasteiger partial charge in [0.1, 0.15) is 0 Å². The van der Waals surface area contributed by atoms with Gasteiger partial charge < -0.3 is 4.90 Å². The number of carbonyl (C=O) groups is 1. The molecule has 0 radical (unpaired) electrons. The van der Waals surface area contributed by atoms with E-state index in [1.165, 1.54) is 16.7 Å². The van der Waals surface area contributed by atoms with Crippen LogP contribution >= 0.6 is 11.6 Å². The monoisotopic (exact) mass is 325 g/mol. The van der Waals surface area contributed by atoms with E-state index in [-0.39, 0.29) is 5.91 Å². The highest BCUT2D eigenvalue weighted by molar-refractivity contribution is 6.31. The number of halogens is 1. The summed E-state index contributed by atoms with van der Waals surface area (Å²) in [7, 11) is 0. The molecule has 1 aromatic carbocycles. The Morgan fingerprint density at radius 3 is 2.00 bits per heavy atom. The first-order valence-corrected chi connectivity index (χ1v) is 8.89. The highest BCUT2D eigenvalue weighted by atomic mass is 35.5. The summed E-state index contributed by atoms with van der Waals surface area (Å²) in [6.07, 6.45) is 2.08. The van der Waals surface area contributed by atoms with E-state index in [9.17, 15) is 4.79 Å². The standard InChI is InChI=1S/C15H20ClNO.2C2H6/c1-10-8-14(9-15(16)11(10)2)13-4-6-17(7-5-13)12(3)18;2*1-2/h8-9,13H,4-7H2,1-3H3;2*1-2H3. The van der Waals surface area contributed by atoms with Gasteiger partial charge in [0.25, 0.3) is 0 Å². The second-order valence-electron chi connectivity index (χ2n) is 5.22. The van der Waals surface area contributed by atoms with Crippen molar-refractivity contribution in [1.82, 2.24) is 4.90 Å². The Bertz CT molecular complexity index is 439. The third-order valence-corrected chi connectivity index (χ3v) is 4.43. The number of benzene rings is 1. The van der Waals surface area contributed by atoms with Gasteiger partial charge in [-0.25, -0.2) is 0 Å². The molecule has 1 fully saturated rings. The quantitative estimate of drug-likeness (QED) is 0.645. The fraction of sp³-hybridized carbons (Fsp3) is 0.632. The molecule has 0 unspecified atom stereocenters. The van der Waals surface area contributed by atoms with Crippen molar-refractivity contribution < 1.29 is 4.79 Å². The summed E-state index contributed by atoms with van der Waals surface area (Å²) in [4.78, 5) is 13.2. The fourth-order valence-corrected chi connectivity index (χ4v) is 2.88. The molecule has 2 nitrogen and oxygen atoms in total. The van der Waals surface area contributed by atoms with Gasteiger partial charge in [0.2, 0.25) is 5.91 Å². The predicted molar refractivity (Wildman–Crippen MR) is 97.9 cm³/mol. The summed E-state index contributed by atoms with van der Waals surface area (Å²) in [5.74, 6) is 0.726. The average molecular weight is 326 g/mol. The minimum absolute atomic E-state index is 0.187. The first kappa shape index (κ1) is 21.0. The van der Waals surface area contributed by atoms with Crippen LogP contribution in [0.4, 0.5) is 0 Å². The molecule has 22 heavy (non-hydrogen) atoms. The molecule has 0 aromatic heterocycles. The molecule has 0 bridgehead atoms. The van der Waals surface area contributed by atoms with Crippen LogP contribution in [0.1, 0.15) is 70.1 Å². The Balaban J connectivity index is 0.00000102. The minimum Gasteiger partial charge on any atom is -0.343 e. The molecule has 0 saturated carbocycles. The van der Waals surface area contributed by atoms with Crippen LogP contribution in [-0.2, 0) is 4.79 Å². The van der Waals surface area contributed by atoms with Crippen LogP contribution in [0, 0.1) is 13.8 Å². The lowest BCUT2D eigenvalue weighted by atomic mass is 9.88. The molecule has 126 valence electrons. The van der Waals surface area contributed by atoms with Crippen molar-refractivity contribution in [3.05, 3.63) is 33.8 Å². The zero-order valence-corrected chi connectivity index (χ0v) is 16.0. The molecule has 0 N–H and O–H groups in total. The summed E-state index contributed by atoms with van der Waals surface area (Å²) < 4.78 is 0. The second-order valence-corrected chi connectivity index (χ2v) is 5.63. The van der Waals surface area contributed by atoms with Gasteiger partial charge in [-0.1, -0.05) is 45.4 Å². The first-order valence-electron chi connectivity index (χ1n) is 8.51. The number of aryl methyl sites for hydroxylation is 1. The lowest BCUT2D eigenvalue weighted by Gasteiger charge is -2.31. The summed E-state index contributed by atoms with van der Waals surface area (Å²) in [5.41, 5.74) is 3.75. The maximum Gasteiger partial charge on any atom is 0.219 e. The van der Waals surface area contributed by atoms with E-state index >= 15 is 0 Å². The lowest BCUT2D eigenvalue weighted by molar-refractivity contribution is -0.129. The summed E-state index contributed by atoms with van der Waals surface area (Å²) in [6.45, 7) is 15.5. The SMILES string of the molecule is CC.CC.CC(=O)N1CCC(c2cc(C)c(C)c(Cl)c2)CC1. The van der Waals surface area contributed by atoms with Crippen molar-refractivity contribution in [2.24, 2.45) is 0 Å². The number of carbonyl (C=O) groups excluding carboxylic acids is 1. The van der Waals surface area contributed by atoms with Gasteiger partial charge in [-0.15, -0.1) is 0 Å². The third kappa shape index (κ3) is 5.64. The number of hydrogen-bond acceptors (Lipinski definition) is 1. The fourth-order valence-electron chi connectivity index (χ4n) is 2.61. The molecule has 1 aromatic rings. The normalized spacial score (nSPS) is 14.5. The van der Waals surface area contributed by atoms with Gasteiger partial charge in [0, 0.05) is 25.0 Å². The van der Waals surface area contributed by atoms with E-state index in [1.807, 2.05) is 32.6 Å². The molecule has 0 spiro atoms. The van der Waals surface area contributed by atoms with Crippen LogP contribution in [0.2, 0.25) is 5.02 Å². The lowest BCUT2D eigenvalue weighted by Crippen LogP contribution is -2.36. The highest BCUT2D eigenvalue weighted by Gasteiger charge is 2.22. The molecule has 1 amide bonds. The number of likely N-dealkylation sites (tertiary alicyclic amines) is 1. The molecular formula is C19H32ClNO. The molecule has 1 heterocycles. The predicted octanol–water partition coefficient (Wildman–Crippen LogP) is 5.74. The van der Waals surface area contributed by atoms with Crippen molar-refractivity contribution in [2.45, 2.75) is 67.2 Å². The van der Waals surface area contributed by atoms with Crippen molar-refractivity contribution in [2.75, 3.05) is 13.1 Å². The van der Waals surface area contributed by atoms with Crippen molar-refractivity contribution in [1.29, 1.82) is 0 Å². The average Bonchev–Trinajstić information content (AvgIpc) is 2.56. The molecular weight excluding hydrogens is 294 g/mol. The molecule has 1 aliphatic heterocycles. The number of rotatable bonds is 1. The zero-order chi connectivity index (χ0) is 17.3. The topological polar surface area (TPSA) is 20.3 Å². The number of nitrogens with zero attached hydrogens (tertiary/aromatic N) is 1. The third-order valence-electron chi connectivity index (χ3n) is 4.04. The van der Waals surface area contributed by atoms with Crippen molar-refractivity contribution >= 4 is 17.5 Å². The van der Waals surface area contributed by atoms with Crippen molar-refractivity contribution in [3.8, 4) is 0 Å². The van der Waals surface area contributed by atoms with E-state index in [1.54, 1.807) is 6.92 Å². The number of hydrogen-bond donors (Lipinski definition) is 0. The summed E-state index contributed by atoms with van der Waals surface area (Å²) >= 11 is 6.25. The van der Waals surface area contributed by atoms with Gasteiger partial charge in [-0.2, -0.15) is 0 Å². The highest BCUT2D eigenvalue weighted by Crippen LogP contribution is 2.32. The summed E-state index contributed by atoms with van der Waals surface area (Å²) in [6, 6.07) is 4.34. The van der Waals surface area contributed by atoms with Gasteiger partial charge >= 0.3 is 0 Å². The largest absolute Gasteiger partial charge is 0.343 e. The number of amides is 1.